The van der Waals surface area contributed by atoms with Crippen LogP contribution in [0.15, 0.2) is 34.2 Å². The molecule has 0 atom stereocenters. The fourth-order valence-electron chi connectivity index (χ4n) is 1.91. The smallest absolute Gasteiger partial charge is 0.265 e. The summed E-state index contributed by atoms with van der Waals surface area (Å²) in [5.74, 6) is 0.642. The molecule has 4 nitrogen and oxygen atoms in total. The van der Waals surface area contributed by atoms with E-state index in [1.165, 1.54) is 4.31 Å². The topological polar surface area (TPSA) is 49.7 Å². The fourth-order valence-corrected chi connectivity index (χ4v) is 3.34. The number of amidine groups is 1. The van der Waals surface area contributed by atoms with Gasteiger partial charge in [-0.15, -0.1) is 0 Å². The summed E-state index contributed by atoms with van der Waals surface area (Å²) in [6.45, 7) is 2.45. The molecule has 0 fully saturated rings. The molecule has 0 saturated carbocycles. The third kappa shape index (κ3) is 2.07. The van der Waals surface area contributed by atoms with Crippen molar-refractivity contribution in [3.05, 3.63) is 29.8 Å². The van der Waals surface area contributed by atoms with Gasteiger partial charge in [0, 0.05) is 13.5 Å². The third-order valence-corrected chi connectivity index (χ3v) is 4.77. The molecule has 5 heteroatoms. The quantitative estimate of drug-likeness (QED) is 0.808. The second-order valence-electron chi connectivity index (χ2n) is 4.06. The van der Waals surface area contributed by atoms with Crippen molar-refractivity contribution in [3.8, 4) is 0 Å². The lowest BCUT2D eigenvalue weighted by atomic mass is 10.2. The second kappa shape index (κ2) is 4.49. The molecule has 1 aliphatic rings. The van der Waals surface area contributed by atoms with Crippen molar-refractivity contribution in [2.75, 3.05) is 7.05 Å². The standard InChI is InChI=1S/C12H16N2O2S/c1-3-6-12-13-9-10-7-4-5-8-11(10)17(15,16)14(12)2/h4-5,7-8H,3,6,9H2,1-2H3. The molecular weight excluding hydrogens is 236 g/mol. The molecule has 0 aromatic heterocycles. The number of sulfonamides is 1. The van der Waals surface area contributed by atoms with Gasteiger partial charge in [0.2, 0.25) is 0 Å². The zero-order chi connectivity index (χ0) is 12.5. The SMILES string of the molecule is CCCC1=NCc2ccccc2S(=O)(=O)N1C. The molecule has 1 heterocycles. The van der Waals surface area contributed by atoms with Crippen LogP contribution in [-0.2, 0) is 16.6 Å². The van der Waals surface area contributed by atoms with E-state index in [0.717, 1.165) is 12.0 Å². The first-order valence-electron chi connectivity index (χ1n) is 5.67. The molecule has 92 valence electrons. The molecule has 0 aliphatic carbocycles. The molecule has 0 saturated heterocycles. The van der Waals surface area contributed by atoms with Crippen molar-refractivity contribution in [2.24, 2.45) is 4.99 Å². The van der Waals surface area contributed by atoms with Crippen LogP contribution < -0.4 is 0 Å². The minimum Gasteiger partial charge on any atom is -0.267 e. The van der Waals surface area contributed by atoms with Gasteiger partial charge in [-0.1, -0.05) is 25.1 Å². The zero-order valence-electron chi connectivity index (χ0n) is 10.0. The van der Waals surface area contributed by atoms with Crippen molar-refractivity contribution in [2.45, 2.75) is 31.2 Å². The van der Waals surface area contributed by atoms with Gasteiger partial charge in [0.05, 0.1) is 11.4 Å². The molecule has 17 heavy (non-hydrogen) atoms. The van der Waals surface area contributed by atoms with Gasteiger partial charge >= 0.3 is 0 Å². The highest BCUT2D eigenvalue weighted by Gasteiger charge is 2.28. The first-order valence-corrected chi connectivity index (χ1v) is 7.11. The summed E-state index contributed by atoms with van der Waals surface area (Å²) in [7, 11) is -1.85. The fraction of sp³-hybridized carbons (Fsp3) is 0.417. The second-order valence-corrected chi connectivity index (χ2v) is 6.00. The Balaban J connectivity index is 2.55. The Bertz CT molecular complexity index is 549. The Labute approximate surface area is 102 Å². The average Bonchev–Trinajstić information content (AvgIpc) is 2.41. The van der Waals surface area contributed by atoms with E-state index in [1.807, 2.05) is 19.1 Å². The lowest BCUT2D eigenvalue weighted by molar-refractivity contribution is 0.549. The van der Waals surface area contributed by atoms with E-state index >= 15 is 0 Å². The summed E-state index contributed by atoms with van der Waals surface area (Å²) < 4.78 is 26.0. The summed E-state index contributed by atoms with van der Waals surface area (Å²) in [4.78, 5) is 4.77. The molecule has 0 N–H and O–H groups in total. The largest absolute Gasteiger partial charge is 0.267 e. The van der Waals surface area contributed by atoms with Crippen LogP contribution in [-0.4, -0.2) is 25.6 Å². The summed E-state index contributed by atoms with van der Waals surface area (Å²) in [5, 5.41) is 0. The highest BCUT2D eigenvalue weighted by molar-refractivity contribution is 7.89. The minimum absolute atomic E-state index is 0.373. The van der Waals surface area contributed by atoms with Gasteiger partial charge in [0.25, 0.3) is 10.0 Å². The predicted molar refractivity (Wildman–Crippen MR) is 67.4 cm³/mol. The Kier molecular flexibility index (Phi) is 3.19. The molecule has 0 bridgehead atoms. The van der Waals surface area contributed by atoms with Gasteiger partial charge in [0.1, 0.15) is 5.84 Å². The van der Waals surface area contributed by atoms with Crippen molar-refractivity contribution < 1.29 is 8.42 Å². The van der Waals surface area contributed by atoms with Crippen LogP contribution in [0.4, 0.5) is 0 Å². The highest BCUT2D eigenvalue weighted by atomic mass is 32.2. The van der Waals surface area contributed by atoms with Gasteiger partial charge in [0.15, 0.2) is 0 Å². The van der Waals surface area contributed by atoms with Crippen molar-refractivity contribution >= 4 is 15.9 Å². The van der Waals surface area contributed by atoms with E-state index in [2.05, 4.69) is 4.99 Å². The molecule has 1 aromatic carbocycles. The van der Waals surface area contributed by atoms with Crippen LogP contribution in [0.5, 0.6) is 0 Å². The normalized spacial score (nSPS) is 18.2. The molecule has 0 spiro atoms. The van der Waals surface area contributed by atoms with Gasteiger partial charge in [-0.3, -0.25) is 9.30 Å². The van der Waals surface area contributed by atoms with Crippen LogP contribution in [0.25, 0.3) is 0 Å². The number of fused-ring (bicyclic) bond motifs is 1. The van der Waals surface area contributed by atoms with E-state index in [1.54, 1.807) is 19.2 Å². The Morgan fingerprint density at radius 1 is 1.35 bits per heavy atom. The number of hydrogen-bond donors (Lipinski definition) is 0. The van der Waals surface area contributed by atoms with E-state index in [9.17, 15) is 8.42 Å². The maximum absolute atomic E-state index is 12.4. The first kappa shape index (κ1) is 12.1. The summed E-state index contributed by atoms with van der Waals surface area (Å²) in [6, 6.07) is 7.05. The molecule has 2 rings (SSSR count). The molecule has 0 radical (unpaired) electrons. The number of rotatable bonds is 2. The van der Waals surface area contributed by atoms with Crippen LogP contribution in [0, 0.1) is 0 Å². The Morgan fingerprint density at radius 3 is 2.76 bits per heavy atom. The number of hydrogen-bond acceptors (Lipinski definition) is 3. The molecule has 1 aromatic rings. The number of nitrogens with zero attached hydrogens (tertiary/aromatic N) is 2. The maximum atomic E-state index is 12.4. The number of aliphatic imine (C=N–C) groups is 1. The Hall–Kier alpha value is -1.36. The van der Waals surface area contributed by atoms with Gasteiger partial charge in [-0.2, -0.15) is 0 Å². The molecule has 0 amide bonds. The van der Waals surface area contributed by atoms with Crippen LogP contribution in [0.1, 0.15) is 25.3 Å². The molecular formula is C12H16N2O2S. The van der Waals surface area contributed by atoms with E-state index in [-0.39, 0.29) is 0 Å². The maximum Gasteiger partial charge on any atom is 0.265 e. The molecule has 1 aliphatic heterocycles. The van der Waals surface area contributed by atoms with Crippen LogP contribution in [0.3, 0.4) is 0 Å². The van der Waals surface area contributed by atoms with Crippen molar-refractivity contribution in [3.63, 3.8) is 0 Å². The monoisotopic (exact) mass is 252 g/mol. The van der Waals surface area contributed by atoms with E-state index in [4.69, 9.17) is 0 Å². The summed E-state index contributed by atoms with van der Waals surface area (Å²) in [5.41, 5.74) is 0.769. The lowest BCUT2D eigenvalue weighted by Crippen LogP contribution is -2.32. The van der Waals surface area contributed by atoms with Gasteiger partial charge in [-0.05, 0) is 18.1 Å². The van der Waals surface area contributed by atoms with E-state index < -0.39 is 10.0 Å². The number of benzene rings is 1. The van der Waals surface area contributed by atoms with Gasteiger partial charge < -0.3 is 0 Å². The predicted octanol–water partition coefficient (Wildman–Crippen LogP) is 2.02. The van der Waals surface area contributed by atoms with E-state index in [0.29, 0.717) is 23.7 Å². The summed E-state index contributed by atoms with van der Waals surface area (Å²) >= 11 is 0. The van der Waals surface area contributed by atoms with Crippen LogP contribution in [0.2, 0.25) is 0 Å². The van der Waals surface area contributed by atoms with Crippen LogP contribution >= 0.6 is 0 Å². The third-order valence-electron chi connectivity index (χ3n) is 2.88. The molecule has 0 unspecified atom stereocenters. The average molecular weight is 252 g/mol. The first-order chi connectivity index (χ1) is 8.07. The van der Waals surface area contributed by atoms with Gasteiger partial charge in [-0.25, -0.2) is 8.42 Å². The van der Waals surface area contributed by atoms with Crippen molar-refractivity contribution in [1.29, 1.82) is 0 Å². The minimum atomic E-state index is -3.43. The zero-order valence-corrected chi connectivity index (χ0v) is 10.9. The highest BCUT2D eigenvalue weighted by Crippen LogP contribution is 2.24. The summed E-state index contributed by atoms with van der Waals surface area (Å²) in [6.07, 6.45) is 1.57. The Morgan fingerprint density at radius 2 is 2.06 bits per heavy atom. The van der Waals surface area contributed by atoms with Crippen molar-refractivity contribution in [1.82, 2.24) is 4.31 Å². The lowest BCUT2D eigenvalue weighted by Gasteiger charge is -2.19.